The highest BCUT2D eigenvalue weighted by Crippen LogP contribution is 2.38. The van der Waals surface area contributed by atoms with Gasteiger partial charge in [0, 0.05) is 18.5 Å². The van der Waals surface area contributed by atoms with Crippen molar-refractivity contribution < 1.29 is 23.5 Å². The molecule has 34 heavy (non-hydrogen) atoms. The summed E-state index contributed by atoms with van der Waals surface area (Å²) >= 11 is 0. The van der Waals surface area contributed by atoms with Gasteiger partial charge < -0.3 is 14.4 Å². The number of fused-ring (bicyclic) bond motifs is 1. The maximum Gasteiger partial charge on any atom is 0.410 e. The molecule has 0 spiro atoms. The van der Waals surface area contributed by atoms with Crippen molar-refractivity contribution in [1.29, 1.82) is 0 Å². The molecule has 182 valence electrons. The molecule has 2 amide bonds. The fraction of sp³-hybridized carbons (Fsp3) is 0.481. The Kier molecular flexibility index (Phi) is 6.32. The maximum absolute atomic E-state index is 13.6. The molecule has 0 aromatic heterocycles. The molecule has 2 atom stereocenters. The van der Waals surface area contributed by atoms with Crippen LogP contribution in [0.15, 0.2) is 48.5 Å². The quantitative estimate of drug-likeness (QED) is 0.579. The molecular formula is C27H33FN2O4. The Morgan fingerprint density at radius 2 is 1.71 bits per heavy atom. The van der Waals surface area contributed by atoms with Crippen molar-refractivity contribution in [3.63, 3.8) is 0 Å². The molecule has 2 heterocycles. The van der Waals surface area contributed by atoms with E-state index in [-0.39, 0.29) is 18.4 Å². The Balaban J connectivity index is 1.55. The first-order valence-electron chi connectivity index (χ1n) is 11.7. The highest BCUT2D eigenvalue weighted by molar-refractivity contribution is 5.71. The lowest BCUT2D eigenvalue weighted by atomic mass is 9.88. The molecule has 0 aliphatic carbocycles. The van der Waals surface area contributed by atoms with Gasteiger partial charge in [0.25, 0.3) is 0 Å². The van der Waals surface area contributed by atoms with E-state index in [1.807, 2.05) is 52.8 Å². The lowest BCUT2D eigenvalue weighted by Gasteiger charge is -2.38. The minimum Gasteiger partial charge on any atom is -0.444 e. The first-order valence-corrected chi connectivity index (χ1v) is 11.7. The van der Waals surface area contributed by atoms with Gasteiger partial charge in [0.05, 0.1) is 12.6 Å². The molecule has 6 nitrogen and oxygen atoms in total. The highest BCUT2D eigenvalue weighted by Gasteiger charge is 2.46. The Morgan fingerprint density at radius 1 is 1.03 bits per heavy atom. The number of likely N-dealkylation sites (tertiary alicyclic amines) is 1. The zero-order valence-corrected chi connectivity index (χ0v) is 20.5. The van der Waals surface area contributed by atoms with E-state index in [0.29, 0.717) is 19.5 Å². The normalized spacial score (nSPS) is 21.7. The number of amides is 2. The van der Waals surface area contributed by atoms with Crippen LogP contribution in [0.5, 0.6) is 0 Å². The summed E-state index contributed by atoms with van der Waals surface area (Å²) in [6.45, 7) is 10.6. The van der Waals surface area contributed by atoms with Crippen LogP contribution in [0, 0.1) is 11.2 Å². The van der Waals surface area contributed by atoms with Crippen LogP contribution < -0.4 is 0 Å². The number of hydrogen-bond donors (Lipinski definition) is 0. The fourth-order valence-electron chi connectivity index (χ4n) is 4.73. The Labute approximate surface area is 200 Å². The van der Waals surface area contributed by atoms with Crippen LogP contribution in [-0.2, 0) is 15.9 Å². The molecule has 2 unspecified atom stereocenters. The number of hydrogen-bond acceptors (Lipinski definition) is 4. The summed E-state index contributed by atoms with van der Waals surface area (Å²) in [4.78, 5) is 29.4. The van der Waals surface area contributed by atoms with Crippen molar-refractivity contribution in [3.8, 4) is 0 Å². The number of carbonyl (C=O) groups excluding carboxylic acids is 2. The third kappa shape index (κ3) is 5.03. The molecule has 2 aromatic carbocycles. The SMILES string of the molecule is CC(C)(C)OC(=O)N1CC(OC(=O)N2CCc3ccccc3C2c2ccc(F)cc2)C(C)(C)C1. The third-order valence-corrected chi connectivity index (χ3v) is 6.45. The van der Waals surface area contributed by atoms with E-state index in [4.69, 9.17) is 9.47 Å². The summed E-state index contributed by atoms with van der Waals surface area (Å²) in [6, 6.07) is 13.9. The highest BCUT2D eigenvalue weighted by atomic mass is 19.1. The van der Waals surface area contributed by atoms with Crippen LogP contribution in [-0.4, -0.2) is 53.3 Å². The van der Waals surface area contributed by atoms with Gasteiger partial charge >= 0.3 is 12.2 Å². The summed E-state index contributed by atoms with van der Waals surface area (Å²) in [5.74, 6) is -0.322. The van der Waals surface area contributed by atoms with E-state index in [9.17, 15) is 14.0 Å². The largest absolute Gasteiger partial charge is 0.444 e. The van der Waals surface area contributed by atoms with Crippen molar-refractivity contribution in [2.75, 3.05) is 19.6 Å². The molecule has 0 saturated carbocycles. The van der Waals surface area contributed by atoms with Gasteiger partial charge in [0.15, 0.2) is 0 Å². The van der Waals surface area contributed by atoms with E-state index in [1.54, 1.807) is 21.9 Å². The van der Waals surface area contributed by atoms with Gasteiger partial charge in [-0.15, -0.1) is 0 Å². The number of carbonyl (C=O) groups is 2. The van der Waals surface area contributed by atoms with Crippen molar-refractivity contribution >= 4 is 12.2 Å². The van der Waals surface area contributed by atoms with E-state index < -0.39 is 29.3 Å². The second-order valence-corrected chi connectivity index (χ2v) is 10.8. The monoisotopic (exact) mass is 468 g/mol. The fourth-order valence-corrected chi connectivity index (χ4v) is 4.73. The second kappa shape index (κ2) is 8.93. The number of benzene rings is 2. The van der Waals surface area contributed by atoms with Gasteiger partial charge in [-0.05, 0) is 56.0 Å². The molecule has 4 rings (SSSR count). The Bertz CT molecular complexity index is 1060. The third-order valence-electron chi connectivity index (χ3n) is 6.45. The Morgan fingerprint density at radius 3 is 2.38 bits per heavy atom. The molecule has 7 heteroatoms. The zero-order valence-electron chi connectivity index (χ0n) is 20.5. The first kappa shape index (κ1) is 24.0. The number of nitrogens with zero attached hydrogens (tertiary/aromatic N) is 2. The smallest absolute Gasteiger partial charge is 0.410 e. The van der Waals surface area contributed by atoms with Crippen LogP contribution in [0.25, 0.3) is 0 Å². The number of ether oxygens (including phenoxy) is 2. The standard InChI is InChI=1S/C27H33FN2O4/c1-26(2,3)34-24(31)29-16-22(27(4,5)17-29)33-25(32)30-15-14-18-8-6-7-9-21(18)23(30)19-10-12-20(28)13-11-19/h6-13,22-23H,14-17H2,1-5H3. The molecule has 1 saturated heterocycles. The van der Waals surface area contributed by atoms with E-state index in [2.05, 4.69) is 6.07 Å². The van der Waals surface area contributed by atoms with Gasteiger partial charge in [-0.1, -0.05) is 50.2 Å². The van der Waals surface area contributed by atoms with Gasteiger partial charge in [0.1, 0.15) is 17.5 Å². The minimum atomic E-state index is -0.598. The molecule has 2 aliphatic rings. The van der Waals surface area contributed by atoms with E-state index in [1.165, 1.54) is 12.1 Å². The predicted molar refractivity (Wildman–Crippen MR) is 127 cm³/mol. The molecule has 0 bridgehead atoms. The second-order valence-electron chi connectivity index (χ2n) is 10.8. The van der Waals surface area contributed by atoms with Crippen LogP contribution >= 0.6 is 0 Å². The average Bonchev–Trinajstić information content (AvgIpc) is 3.06. The summed E-state index contributed by atoms with van der Waals surface area (Å²) in [6.07, 6.45) is -0.608. The van der Waals surface area contributed by atoms with Crippen LogP contribution in [0.1, 0.15) is 57.4 Å². The summed E-state index contributed by atoms with van der Waals surface area (Å²) in [7, 11) is 0. The average molecular weight is 469 g/mol. The molecule has 0 N–H and O–H groups in total. The molecule has 2 aromatic rings. The van der Waals surface area contributed by atoms with Crippen LogP contribution in [0.4, 0.5) is 14.0 Å². The molecule has 1 fully saturated rings. The van der Waals surface area contributed by atoms with Gasteiger partial charge in [-0.2, -0.15) is 0 Å². The maximum atomic E-state index is 13.6. The molecule has 2 aliphatic heterocycles. The van der Waals surface area contributed by atoms with Crippen molar-refractivity contribution in [1.82, 2.24) is 9.80 Å². The van der Waals surface area contributed by atoms with Crippen molar-refractivity contribution in [3.05, 3.63) is 71.0 Å². The van der Waals surface area contributed by atoms with E-state index >= 15 is 0 Å². The van der Waals surface area contributed by atoms with Gasteiger partial charge in [0.2, 0.25) is 0 Å². The molecule has 0 radical (unpaired) electrons. The van der Waals surface area contributed by atoms with Crippen molar-refractivity contribution in [2.24, 2.45) is 5.41 Å². The van der Waals surface area contributed by atoms with Gasteiger partial charge in [-0.25, -0.2) is 14.0 Å². The Hall–Kier alpha value is -3.09. The topological polar surface area (TPSA) is 59.1 Å². The lowest BCUT2D eigenvalue weighted by molar-refractivity contribution is 0.0171. The summed E-state index contributed by atoms with van der Waals surface area (Å²) in [5.41, 5.74) is 1.98. The van der Waals surface area contributed by atoms with Crippen LogP contribution in [0.3, 0.4) is 0 Å². The minimum absolute atomic E-state index is 0.277. The van der Waals surface area contributed by atoms with Crippen molar-refractivity contribution in [2.45, 2.75) is 58.8 Å². The summed E-state index contributed by atoms with van der Waals surface area (Å²) in [5, 5.41) is 0. The zero-order chi connectivity index (χ0) is 24.7. The number of rotatable bonds is 2. The van der Waals surface area contributed by atoms with E-state index in [0.717, 1.165) is 16.7 Å². The van der Waals surface area contributed by atoms with Crippen LogP contribution in [0.2, 0.25) is 0 Å². The summed E-state index contributed by atoms with van der Waals surface area (Å²) < 4.78 is 25.2. The predicted octanol–water partition coefficient (Wildman–Crippen LogP) is 5.56. The lowest BCUT2D eigenvalue weighted by Crippen LogP contribution is -2.44. The number of halogens is 1. The van der Waals surface area contributed by atoms with Gasteiger partial charge in [-0.3, -0.25) is 4.90 Å². The molecular weight excluding hydrogens is 435 g/mol. The first-order chi connectivity index (χ1) is 15.9.